The second-order valence-electron chi connectivity index (χ2n) is 5.24. The maximum absolute atomic E-state index is 14.4. The van der Waals surface area contributed by atoms with Gasteiger partial charge in [0.05, 0.1) is 25.5 Å². The first-order valence-corrected chi connectivity index (χ1v) is 7.08. The molecular weight excluding hydrogens is 321 g/mol. The highest BCUT2D eigenvalue weighted by molar-refractivity contribution is 5.83. The molecule has 124 valence electrons. The third kappa shape index (κ3) is 2.84. The van der Waals surface area contributed by atoms with Crippen molar-refractivity contribution >= 4 is 10.9 Å². The van der Waals surface area contributed by atoms with E-state index < -0.39 is 23.8 Å². The monoisotopic (exact) mass is 334 g/mol. The molecule has 0 aliphatic heterocycles. The molecular formula is C17H13F3N2O2. The number of benzene rings is 2. The largest absolute Gasteiger partial charge is 0.496 e. The molecule has 24 heavy (non-hydrogen) atoms. The van der Waals surface area contributed by atoms with Gasteiger partial charge in [-0.3, -0.25) is 9.36 Å². The molecule has 0 aliphatic carbocycles. The molecule has 0 amide bonds. The summed E-state index contributed by atoms with van der Waals surface area (Å²) >= 11 is 0. The van der Waals surface area contributed by atoms with Crippen LogP contribution in [0.1, 0.15) is 5.56 Å². The lowest BCUT2D eigenvalue weighted by Crippen LogP contribution is -2.30. The zero-order chi connectivity index (χ0) is 17.3. The number of rotatable bonds is 4. The van der Waals surface area contributed by atoms with Crippen LogP contribution in [-0.4, -0.2) is 16.7 Å². The highest BCUT2D eigenvalue weighted by Gasteiger charge is 2.33. The van der Waals surface area contributed by atoms with Crippen molar-refractivity contribution in [3.05, 3.63) is 70.5 Å². The van der Waals surface area contributed by atoms with Crippen LogP contribution in [-0.2, 0) is 12.5 Å². The van der Waals surface area contributed by atoms with Gasteiger partial charge in [-0.05, 0) is 24.3 Å². The van der Waals surface area contributed by atoms with E-state index in [9.17, 15) is 18.0 Å². The second kappa shape index (κ2) is 5.99. The molecule has 0 radical (unpaired) electrons. The maximum atomic E-state index is 14.4. The van der Waals surface area contributed by atoms with Crippen LogP contribution in [0.2, 0.25) is 0 Å². The highest BCUT2D eigenvalue weighted by Crippen LogP contribution is 2.30. The molecule has 0 spiro atoms. The van der Waals surface area contributed by atoms with Gasteiger partial charge in [0.2, 0.25) is 0 Å². The average molecular weight is 334 g/mol. The third-order valence-corrected chi connectivity index (χ3v) is 3.67. The molecule has 0 unspecified atom stereocenters. The summed E-state index contributed by atoms with van der Waals surface area (Å²) in [6.07, 6.45) is 1.07. The van der Waals surface area contributed by atoms with Gasteiger partial charge in [-0.1, -0.05) is 18.2 Å². The topological polar surface area (TPSA) is 44.1 Å². The van der Waals surface area contributed by atoms with Crippen LogP contribution in [0.3, 0.4) is 0 Å². The van der Waals surface area contributed by atoms with E-state index in [-0.39, 0.29) is 16.7 Å². The molecule has 0 atom stereocenters. The molecule has 7 heteroatoms. The number of nitrogens with zero attached hydrogens (tertiary/aromatic N) is 2. The van der Waals surface area contributed by atoms with Gasteiger partial charge in [0.15, 0.2) is 0 Å². The van der Waals surface area contributed by atoms with Gasteiger partial charge >= 0.3 is 0 Å². The number of methoxy groups -OCH3 is 1. The van der Waals surface area contributed by atoms with E-state index in [0.717, 1.165) is 35.2 Å². The lowest BCUT2D eigenvalue weighted by atomic mass is 10.1. The standard InChI is InChI=1S/C17H13F3N2O2/c1-24-14-4-2-3-13-15(14)16(23)22(10-21-13)9-17(19,20)11-5-7-12(18)8-6-11/h2-8,10H,9H2,1H3. The van der Waals surface area contributed by atoms with E-state index in [2.05, 4.69) is 4.98 Å². The van der Waals surface area contributed by atoms with Crippen molar-refractivity contribution in [1.82, 2.24) is 9.55 Å². The van der Waals surface area contributed by atoms with Crippen LogP contribution < -0.4 is 10.3 Å². The summed E-state index contributed by atoms with van der Waals surface area (Å²) in [6, 6.07) is 8.72. The minimum absolute atomic E-state index is 0.136. The van der Waals surface area contributed by atoms with Gasteiger partial charge in [0, 0.05) is 5.56 Å². The summed E-state index contributed by atoms with van der Waals surface area (Å²) < 4.78 is 47.6. The molecule has 0 N–H and O–H groups in total. The third-order valence-electron chi connectivity index (χ3n) is 3.67. The van der Waals surface area contributed by atoms with E-state index in [0.29, 0.717) is 5.52 Å². The van der Waals surface area contributed by atoms with Crippen molar-refractivity contribution in [1.29, 1.82) is 0 Å². The summed E-state index contributed by atoms with van der Waals surface area (Å²) in [7, 11) is 1.39. The lowest BCUT2D eigenvalue weighted by molar-refractivity contribution is -0.0233. The van der Waals surface area contributed by atoms with E-state index in [1.165, 1.54) is 7.11 Å². The van der Waals surface area contributed by atoms with E-state index in [4.69, 9.17) is 4.74 Å². The van der Waals surface area contributed by atoms with E-state index >= 15 is 0 Å². The maximum Gasteiger partial charge on any atom is 0.290 e. The van der Waals surface area contributed by atoms with Crippen LogP contribution in [0, 0.1) is 5.82 Å². The first-order valence-electron chi connectivity index (χ1n) is 7.08. The molecule has 1 heterocycles. The second-order valence-corrected chi connectivity index (χ2v) is 5.24. The predicted molar refractivity (Wildman–Crippen MR) is 82.8 cm³/mol. The van der Waals surface area contributed by atoms with Crippen molar-refractivity contribution < 1.29 is 17.9 Å². The number of ether oxygens (including phenoxy) is 1. The normalized spacial score (nSPS) is 11.7. The Morgan fingerprint density at radius 2 is 1.88 bits per heavy atom. The zero-order valence-electron chi connectivity index (χ0n) is 12.7. The van der Waals surface area contributed by atoms with Crippen molar-refractivity contribution in [2.24, 2.45) is 0 Å². The molecule has 0 aliphatic rings. The number of halogens is 3. The van der Waals surface area contributed by atoms with Gasteiger partial charge in [-0.2, -0.15) is 8.78 Å². The fourth-order valence-electron chi connectivity index (χ4n) is 2.45. The molecule has 2 aromatic carbocycles. The summed E-state index contributed by atoms with van der Waals surface area (Å²) in [5, 5.41) is 0.136. The predicted octanol–water partition coefficient (Wildman–Crippen LogP) is 3.34. The van der Waals surface area contributed by atoms with Gasteiger partial charge < -0.3 is 4.74 Å². The Bertz CT molecular complexity index is 937. The highest BCUT2D eigenvalue weighted by atomic mass is 19.3. The van der Waals surface area contributed by atoms with Crippen LogP contribution >= 0.6 is 0 Å². The van der Waals surface area contributed by atoms with Crippen molar-refractivity contribution in [3.63, 3.8) is 0 Å². The molecule has 3 aromatic rings. The van der Waals surface area contributed by atoms with Gasteiger partial charge in [-0.15, -0.1) is 0 Å². The Kier molecular flexibility index (Phi) is 4.01. The minimum atomic E-state index is -3.35. The molecule has 0 fully saturated rings. The van der Waals surface area contributed by atoms with E-state index in [1.807, 2.05) is 0 Å². The summed E-state index contributed by atoms with van der Waals surface area (Å²) in [4.78, 5) is 16.6. The molecule has 3 rings (SSSR count). The number of fused-ring (bicyclic) bond motifs is 1. The van der Waals surface area contributed by atoms with Gasteiger partial charge in [-0.25, -0.2) is 9.37 Å². The number of alkyl halides is 2. The molecule has 0 saturated carbocycles. The minimum Gasteiger partial charge on any atom is -0.496 e. The van der Waals surface area contributed by atoms with Crippen LogP contribution in [0.4, 0.5) is 13.2 Å². The summed E-state index contributed by atoms with van der Waals surface area (Å²) in [5.74, 6) is -3.69. The zero-order valence-corrected chi connectivity index (χ0v) is 12.7. The molecule has 4 nitrogen and oxygen atoms in total. The Morgan fingerprint density at radius 3 is 2.54 bits per heavy atom. The smallest absolute Gasteiger partial charge is 0.290 e. The average Bonchev–Trinajstić information content (AvgIpc) is 2.57. The summed E-state index contributed by atoms with van der Waals surface area (Å²) in [5.41, 5.74) is -0.643. The molecule has 1 aromatic heterocycles. The van der Waals surface area contributed by atoms with Crippen LogP contribution in [0.15, 0.2) is 53.6 Å². The Hall–Kier alpha value is -2.83. The Labute approximate surface area is 135 Å². The van der Waals surface area contributed by atoms with Gasteiger partial charge in [0.1, 0.15) is 17.0 Å². The first-order chi connectivity index (χ1) is 11.4. The number of aromatic nitrogens is 2. The Morgan fingerprint density at radius 1 is 1.17 bits per heavy atom. The lowest BCUT2D eigenvalue weighted by Gasteiger charge is -2.18. The molecule has 0 saturated heterocycles. The fourth-order valence-corrected chi connectivity index (χ4v) is 2.45. The number of hydrogen-bond donors (Lipinski definition) is 0. The van der Waals surface area contributed by atoms with Crippen LogP contribution in [0.25, 0.3) is 10.9 Å². The Balaban J connectivity index is 2.05. The van der Waals surface area contributed by atoms with Crippen molar-refractivity contribution in [2.45, 2.75) is 12.5 Å². The van der Waals surface area contributed by atoms with E-state index in [1.54, 1.807) is 18.2 Å². The first kappa shape index (κ1) is 16.0. The van der Waals surface area contributed by atoms with Crippen LogP contribution in [0.5, 0.6) is 5.75 Å². The van der Waals surface area contributed by atoms with Crippen molar-refractivity contribution in [3.8, 4) is 5.75 Å². The quantitative estimate of drug-likeness (QED) is 0.735. The SMILES string of the molecule is COc1cccc2ncn(CC(F)(F)c3ccc(F)cc3)c(=O)c12. The fraction of sp³-hybridized carbons (Fsp3) is 0.176. The summed E-state index contributed by atoms with van der Waals surface area (Å²) in [6.45, 7) is -0.904. The van der Waals surface area contributed by atoms with Crippen molar-refractivity contribution in [2.75, 3.05) is 7.11 Å². The molecule has 0 bridgehead atoms. The van der Waals surface area contributed by atoms with Gasteiger partial charge in [0.25, 0.3) is 11.5 Å². The number of hydrogen-bond acceptors (Lipinski definition) is 3.